The van der Waals surface area contributed by atoms with Crippen LogP contribution in [0.1, 0.15) is 81.3 Å². The zero-order valence-electron chi connectivity index (χ0n) is 29.5. The Morgan fingerprint density at radius 1 is 1.10 bits per heavy atom. The Hall–Kier alpha value is -3.43. The number of benzene rings is 1. The normalized spacial score (nSPS) is 26.7. The summed E-state index contributed by atoms with van der Waals surface area (Å²) in [4.78, 5) is 42.1. The number of phenols is 1. The Balaban J connectivity index is 1.44. The van der Waals surface area contributed by atoms with Gasteiger partial charge in [-0.2, -0.15) is 0 Å². The first-order valence-electron chi connectivity index (χ1n) is 17.0. The molecule has 3 aliphatic heterocycles. The van der Waals surface area contributed by atoms with Gasteiger partial charge in [0.05, 0.1) is 18.2 Å². The van der Waals surface area contributed by atoms with Gasteiger partial charge in [0.15, 0.2) is 11.5 Å². The standard InChI is InChI=1S/C35H54N4O10/c1-20-16-24(17-21(2)28(20)43)31(45)36-19-26(42)29(44)30-27(37-22(3)40)25(41)18-35(49-30,32(46)47)11-15-39-14-10-34(39)8-12-38(13-9-34)23(4)48-33(5,6)7/h16-17,25-27,29-30,41-44H,4,8-15,18-19H2,1-3,5-7H3,(H,36,45)(H,37,40)(H,46,47)/t25-,26+,27+,29+,30+,35+/m0/s1. The number of rotatable bonds is 12. The van der Waals surface area contributed by atoms with Gasteiger partial charge in [-0.25, -0.2) is 4.79 Å². The van der Waals surface area contributed by atoms with E-state index in [1.807, 2.05) is 20.8 Å². The second-order valence-corrected chi connectivity index (χ2v) is 14.9. The van der Waals surface area contributed by atoms with Gasteiger partial charge in [-0.3, -0.25) is 14.5 Å². The molecule has 4 rings (SSSR count). The summed E-state index contributed by atoms with van der Waals surface area (Å²) in [6.07, 6.45) is -4.08. The van der Waals surface area contributed by atoms with Crippen molar-refractivity contribution in [1.29, 1.82) is 0 Å². The molecule has 0 unspecified atom stereocenters. The highest BCUT2D eigenvalue weighted by Gasteiger charge is 2.55. The number of nitrogens with one attached hydrogen (secondary N) is 2. The molecule has 7 N–H and O–H groups in total. The second-order valence-electron chi connectivity index (χ2n) is 14.9. The van der Waals surface area contributed by atoms with Gasteiger partial charge in [0, 0.05) is 63.6 Å². The SMILES string of the molecule is C=C(OC(C)(C)C)N1CCC2(CC1)CCN2CC[C@]1(C(=O)O)C[C@H](O)[C@@H](NC(C)=O)[C@H]([C@H](O)[C@H](O)CNC(=O)c2cc(C)c(O)c(C)c2)O1. The van der Waals surface area contributed by atoms with Gasteiger partial charge in [-0.05, 0) is 83.7 Å². The number of phenolic OH excluding ortho intramolecular Hbond substituents is 1. The molecule has 1 aromatic carbocycles. The van der Waals surface area contributed by atoms with Crippen molar-refractivity contribution >= 4 is 17.8 Å². The van der Waals surface area contributed by atoms with Crippen molar-refractivity contribution < 1.29 is 49.4 Å². The molecule has 49 heavy (non-hydrogen) atoms. The molecule has 3 fully saturated rings. The minimum atomic E-state index is -1.92. The molecule has 274 valence electrons. The Kier molecular flexibility index (Phi) is 11.6. The third kappa shape index (κ3) is 8.66. The predicted octanol–water partition coefficient (Wildman–Crippen LogP) is 1.16. The summed E-state index contributed by atoms with van der Waals surface area (Å²) in [5, 5.41) is 59.0. The highest BCUT2D eigenvalue weighted by atomic mass is 16.6. The average Bonchev–Trinajstić information content (AvgIpc) is 3.01. The van der Waals surface area contributed by atoms with Crippen molar-refractivity contribution in [3.05, 3.63) is 41.3 Å². The second kappa shape index (κ2) is 14.8. The van der Waals surface area contributed by atoms with E-state index >= 15 is 0 Å². The predicted molar refractivity (Wildman–Crippen MR) is 180 cm³/mol. The molecule has 0 radical (unpaired) electrons. The first-order valence-corrected chi connectivity index (χ1v) is 17.0. The van der Waals surface area contributed by atoms with Gasteiger partial charge in [0.1, 0.15) is 23.6 Å². The van der Waals surface area contributed by atoms with E-state index in [1.54, 1.807) is 13.8 Å². The smallest absolute Gasteiger partial charge is 0.336 e. The minimum absolute atomic E-state index is 0.00685. The third-order valence-corrected chi connectivity index (χ3v) is 10.2. The maximum Gasteiger partial charge on any atom is 0.336 e. The average molecular weight is 691 g/mol. The van der Waals surface area contributed by atoms with Crippen molar-refractivity contribution in [2.75, 3.05) is 32.7 Å². The van der Waals surface area contributed by atoms with Crippen LogP contribution in [0.2, 0.25) is 0 Å². The minimum Gasteiger partial charge on any atom is -0.507 e. The summed E-state index contributed by atoms with van der Waals surface area (Å²) in [5.74, 6) is -1.74. The molecule has 2 amide bonds. The fraction of sp³-hybridized carbons (Fsp3) is 0.686. The Morgan fingerprint density at radius 2 is 1.69 bits per heavy atom. The van der Waals surface area contributed by atoms with Crippen LogP contribution in [-0.2, 0) is 19.1 Å². The lowest BCUT2D eigenvalue weighted by atomic mass is 9.75. The molecule has 14 nitrogen and oxygen atoms in total. The molecular weight excluding hydrogens is 636 g/mol. The lowest BCUT2D eigenvalue weighted by Crippen LogP contribution is -2.69. The van der Waals surface area contributed by atoms with Gasteiger partial charge >= 0.3 is 5.97 Å². The van der Waals surface area contributed by atoms with Crippen LogP contribution in [0.4, 0.5) is 0 Å². The Bertz CT molecular complexity index is 1380. The summed E-state index contributed by atoms with van der Waals surface area (Å²) >= 11 is 0. The van der Waals surface area contributed by atoms with E-state index in [-0.39, 0.29) is 35.3 Å². The number of nitrogens with zero attached hydrogens (tertiary/aromatic N) is 2. The van der Waals surface area contributed by atoms with Gasteiger partial charge < -0.3 is 50.5 Å². The number of likely N-dealkylation sites (tertiary alicyclic amines) is 2. The van der Waals surface area contributed by atoms with Crippen LogP contribution in [-0.4, -0.2) is 133 Å². The van der Waals surface area contributed by atoms with E-state index in [4.69, 9.17) is 9.47 Å². The molecule has 1 aromatic rings. The van der Waals surface area contributed by atoms with Crippen LogP contribution < -0.4 is 10.6 Å². The first kappa shape index (κ1) is 38.4. The van der Waals surface area contributed by atoms with Crippen LogP contribution in [0.15, 0.2) is 24.6 Å². The van der Waals surface area contributed by atoms with E-state index in [0.717, 1.165) is 38.9 Å². The number of aliphatic hydroxyl groups is 3. The van der Waals surface area contributed by atoms with Gasteiger partial charge in [0.25, 0.3) is 5.91 Å². The number of hydrogen-bond donors (Lipinski definition) is 7. The van der Waals surface area contributed by atoms with E-state index in [9.17, 15) is 39.9 Å². The molecule has 3 heterocycles. The number of carbonyl (C=O) groups excluding carboxylic acids is 2. The monoisotopic (exact) mass is 690 g/mol. The number of amides is 2. The fourth-order valence-electron chi connectivity index (χ4n) is 7.30. The molecule has 0 aromatic heterocycles. The largest absolute Gasteiger partial charge is 0.507 e. The fourth-order valence-corrected chi connectivity index (χ4v) is 7.30. The summed E-state index contributed by atoms with van der Waals surface area (Å²) in [7, 11) is 0. The lowest BCUT2D eigenvalue weighted by molar-refractivity contribution is -0.231. The van der Waals surface area contributed by atoms with E-state index in [0.29, 0.717) is 23.6 Å². The van der Waals surface area contributed by atoms with Crippen molar-refractivity contribution in [3.8, 4) is 5.75 Å². The van der Waals surface area contributed by atoms with Gasteiger partial charge in [-0.1, -0.05) is 0 Å². The molecular formula is C35H54N4O10. The molecule has 1 spiro atoms. The van der Waals surface area contributed by atoms with Crippen molar-refractivity contribution in [1.82, 2.24) is 20.4 Å². The van der Waals surface area contributed by atoms with Crippen molar-refractivity contribution in [3.63, 3.8) is 0 Å². The maximum atomic E-state index is 12.9. The first-order chi connectivity index (χ1) is 22.8. The number of carboxylic acid groups (broad SMARTS) is 1. The van der Waals surface area contributed by atoms with E-state index < -0.39 is 60.4 Å². The number of aryl methyl sites for hydroxylation is 2. The van der Waals surface area contributed by atoms with Crippen LogP contribution in [0.25, 0.3) is 0 Å². The van der Waals surface area contributed by atoms with Crippen molar-refractivity contribution in [2.24, 2.45) is 0 Å². The number of carboxylic acids is 1. The quantitative estimate of drug-likeness (QED) is 0.155. The number of ether oxygens (including phenoxy) is 2. The number of aliphatic carboxylic acids is 1. The van der Waals surface area contributed by atoms with Crippen LogP contribution >= 0.6 is 0 Å². The molecule has 0 saturated carbocycles. The molecule has 14 heteroatoms. The zero-order chi connectivity index (χ0) is 36.5. The van der Waals surface area contributed by atoms with Crippen LogP contribution in [0.3, 0.4) is 0 Å². The van der Waals surface area contributed by atoms with Gasteiger partial charge in [0.2, 0.25) is 5.91 Å². The Labute approximate surface area is 288 Å². The number of aromatic hydroxyl groups is 1. The highest BCUT2D eigenvalue weighted by molar-refractivity contribution is 5.94. The number of piperidine rings is 1. The van der Waals surface area contributed by atoms with E-state index in [2.05, 4.69) is 27.0 Å². The summed E-state index contributed by atoms with van der Waals surface area (Å²) in [6.45, 7) is 16.7. The summed E-state index contributed by atoms with van der Waals surface area (Å²) < 4.78 is 12.1. The lowest BCUT2D eigenvalue weighted by Gasteiger charge is -2.58. The molecule has 6 atom stereocenters. The van der Waals surface area contributed by atoms with Crippen molar-refractivity contribution in [2.45, 2.75) is 121 Å². The Morgan fingerprint density at radius 3 is 2.20 bits per heavy atom. The van der Waals surface area contributed by atoms with Crippen LogP contribution in [0, 0.1) is 13.8 Å². The number of hydrogen-bond acceptors (Lipinski definition) is 11. The summed E-state index contributed by atoms with van der Waals surface area (Å²) in [5.41, 5.74) is -1.17. The summed E-state index contributed by atoms with van der Waals surface area (Å²) in [6, 6.07) is 1.74. The molecule has 0 aliphatic carbocycles. The maximum absolute atomic E-state index is 12.9. The third-order valence-electron chi connectivity index (χ3n) is 10.2. The molecule has 0 bridgehead atoms. The number of aliphatic hydroxyl groups excluding tert-OH is 3. The van der Waals surface area contributed by atoms with Gasteiger partial charge in [-0.15, -0.1) is 0 Å². The molecule has 3 aliphatic rings. The molecule has 3 saturated heterocycles. The number of carbonyl (C=O) groups is 3. The topological polar surface area (TPSA) is 201 Å². The zero-order valence-corrected chi connectivity index (χ0v) is 29.5. The highest BCUT2D eigenvalue weighted by Crippen LogP contribution is 2.43. The van der Waals surface area contributed by atoms with Crippen LogP contribution in [0.5, 0.6) is 5.75 Å². The van der Waals surface area contributed by atoms with E-state index in [1.165, 1.54) is 19.1 Å².